The minimum absolute atomic E-state index is 0.0759. The summed E-state index contributed by atoms with van der Waals surface area (Å²) in [5.74, 6) is 0.836. The molecule has 7 heteroatoms. The highest BCUT2D eigenvalue weighted by Gasteiger charge is 2.29. The van der Waals surface area contributed by atoms with Crippen molar-refractivity contribution >= 4 is 34.0 Å². The van der Waals surface area contributed by atoms with Crippen LogP contribution in [0, 0.1) is 6.92 Å². The third-order valence-corrected chi connectivity index (χ3v) is 4.93. The molecule has 0 spiro atoms. The number of hydrogen-bond acceptors (Lipinski definition) is 5. The van der Waals surface area contributed by atoms with E-state index in [1.54, 1.807) is 6.07 Å². The van der Waals surface area contributed by atoms with Crippen LogP contribution in [0.15, 0.2) is 35.1 Å². The minimum atomic E-state index is -0.140. The van der Waals surface area contributed by atoms with Gasteiger partial charge in [0.25, 0.3) is 5.56 Å². The van der Waals surface area contributed by atoms with Crippen LogP contribution in [-0.2, 0) is 0 Å². The average molecular weight is 370 g/mol. The summed E-state index contributed by atoms with van der Waals surface area (Å²) in [5.41, 5.74) is 7.76. The molecule has 3 aromatic rings. The fraction of sp³-hybridized carbons (Fsp3) is 0.316. The normalized spacial score (nSPS) is 15.2. The van der Waals surface area contributed by atoms with Crippen molar-refractivity contribution in [1.29, 1.82) is 0 Å². The van der Waals surface area contributed by atoms with E-state index >= 15 is 0 Å². The zero-order chi connectivity index (χ0) is 18.4. The van der Waals surface area contributed by atoms with Crippen LogP contribution in [0.1, 0.15) is 43.1 Å². The molecule has 0 aliphatic heterocycles. The number of nitrogens with two attached hydrogens (primary N) is 1. The van der Waals surface area contributed by atoms with Crippen LogP contribution in [0.5, 0.6) is 0 Å². The lowest BCUT2D eigenvalue weighted by Crippen LogP contribution is -2.26. The van der Waals surface area contributed by atoms with Gasteiger partial charge in [0, 0.05) is 17.8 Å². The highest BCUT2D eigenvalue weighted by Crippen LogP contribution is 2.37. The molecular weight excluding hydrogens is 350 g/mol. The smallest absolute Gasteiger partial charge is 0.259 e. The number of aromatic nitrogens is 3. The van der Waals surface area contributed by atoms with Gasteiger partial charge in [-0.3, -0.25) is 4.79 Å². The average Bonchev–Trinajstić information content (AvgIpc) is 3.38. The molecule has 26 heavy (non-hydrogen) atoms. The highest BCUT2D eigenvalue weighted by atomic mass is 35.5. The van der Waals surface area contributed by atoms with Gasteiger partial charge in [0.15, 0.2) is 0 Å². The predicted molar refractivity (Wildman–Crippen MR) is 105 cm³/mol. The number of pyridine rings is 1. The van der Waals surface area contributed by atoms with Gasteiger partial charge in [0.1, 0.15) is 11.6 Å². The number of benzene rings is 1. The van der Waals surface area contributed by atoms with Crippen molar-refractivity contribution in [1.82, 2.24) is 14.5 Å². The SMILES string of the molecule is Cc1cccc2cc([C@H](C)Nc3cc(N)nc(Cl)n3)n(C3CC3)c(=O)c12. The van der Waals surface area contributed by atoms with E-state index in [1.807, 2.05) is 36.6 Å². The summed E-state index contributed by atoms with van der Waals surface area (Å²) >= 11 is 5.89. The first-order valence-corrected chi connectivity index (χ1v) is 9.03. The summed E-state index contributed by atoms with van der Waals surface area (Å²) in [7, 11) is 0. The first-order valence-electron chi connectivity index (χ1n) is 8.65. The minimum Gasteiger partial charge on any atom is -0.383 e. The van der Waals surface area contributed by atoms with Crippen molar-refractivity contribution in [3.63, 3.8) is 0 Å². The van der Waals surface area contributed by atoms with Gasteiger partial charge in [-0.05, 0) is 55.3 Å². The Hall–Kier alpha value is -2.60. The molecule has 1 atom stereocenters. The van der Waals surface area contributed by atoms with E-state index < -0.39 is 0 Å². The van der Waals surface area contributed by atoms with Crippen LogP contribution >= 0.6 is 11.6 Å². The Morgan fingerprint density at radius 2 is 2.08 bits per heavy atom. The first kappa shape index (κ1) is 16.8. The van der Waals surface area contributed by atoms with Crippen molar-refractivity contribution in [3.8, 4) is 0 Å². The molecule has 0 radical (unpaired) electrons. The number of aryl methyl sites for hydroxylation is 1. The lowest BCUT2D eigenvalue weighted by Gasteiger charge is -2.21. The molecule has 0 saturated heterocycles. The zero-order valence-electron chi connectivity index (χ0n) is 14.7. The van der Waals surface area contributed by atoms with Gasteiger partial charge in [-0.1, -0.05) is 18.2 Å². The summed E-state index contributed by atoms with van der Waals surface area (Å²) in [6, 6.07) is 9.79. The molecule has 2 heterocycles. The number of nitrogen functional groups attached to an aromatic ring is 1. The molecule has 6 nitrogen and oxygen atoms in total. The summed E-state index contributed by atoms with van der Waals surface area (Å²) < 4.78 is 1.93. The van der Waals surface area contributed by atoms with Crippen LogP contribution in [0.3, 0.4) is 0 Å². The van der Waals surface area contributed by atoms with Crippen LogP contribution < -0.4 is 16.6 Å². The van der Waals surface area contributed by atoms with Gasteiger partial charge >= 0.3 is 0 Å². The second-order valence-electron chi connectivity index (χ2n) is 6.83. The third-order valence-electron chi connectivity index (χ3n) is 4.76. The van der Waals surface area contributed by atoms with E-state index in [4.69, 9.17) is 17.3 Å². The molecule has 3 N–H and O–H groups in total. The van der Waals surface area contributed by atoms with Gasteiger partial charge in [-0.15, -0.1) is 0 Å². The Morgan fingerprint density at radius 1 is 1.31 bits per heavy atom. The maximum atomic E-state index is 13.2. The molecular formula is C19H20ClN5O. The van der Waals surface area contributed by atoms with Crippen LogP contribution in [0.4, 0.5) is 11.6 Å². The number of nitrogens with zero attached hydrogens (tertiary/aromatic N) is 3. The van der Waals surface area contributed by atoms with E-state index in [-0.39, 0.29) is 22.9 Å². The van der Waals surface area contributed by atoms with Crippen LogP contribution in [0.25, 0.3) is 10.8 Å². The number of rotatable bonds is 4. The Bertz CT molecular complexity index is 1040. The van der Waals surface area contributed by atoms with E-state index in [0.29, 0.717) is 11.6 Å². The summed E-state index contributed by atoms with van der Waals surface area (Å²) in [4.78, 5) is 21.2. The van der Waals surface area contributed by atoms with Crippen molar-refractivity contribution < 1.29 is 0 Å². The lowest BCUT2D eigenvalue weighted by molar-refractivity contribution is 0.635. The third kappa shape index (κ3) is 3.01. The lowest BCUT2D eigenvalue weighted by atomic mass is 10.0. The Balaban J connectivity index is 1.82. The molecule has 0 amide bonds. The number of anilines is 2. The molecule has 4 rings (SSSR count). The van der Waals surface area contributed by atoms with Crippen molar-refractivity contribution in [2.45, 2.75) is 38.8 Å². The Morgan fingerprint density at radius 3 is 2.77 bits per heavy atom. The zero-order valence-corrected chi connectivity index (χ0v) is 15.4. The second kappa shape index (κ2) is 6.29. The molecule has 134 valence electrons. The molecule has 1 saturated carbocycles. The molecule has 1 aromatic carbocycles. The summed E-state index contributed by atoms with van der Waals surface area (Å²) in [6.07, 6.45) is 2.06. The van der Waals surface area contributed by atoms with E-state index in [0.717, 1.165) is 34.9 Å². The maximum absolute atomic E-state index is 13.2. The molecule has 2 aromatic heterocycles. The Kier molecular flexibility index (Phi) is 4.07. The summed E-state index contributed by atoms with van der Waals surface area (Å²) in [5, 5.41) is 5.14. The molecule has 1 aliphatic carbocycles. The largest absolute Gasteiger partial charge is 0.383 e. The summed E-state index contributed by atoms with van der Waals surface area (Å²) in [6.45, 7) is 3.98. The number of fused-ring (bicyclic) bond motifs is 1. The van der Waals surface area contributed by atoms with Gasteiger partial charge in [0.2, 0.25) is 5.28 Å². The fourth-order valence-corrected chi connectivity index (χ4v) is 3.61. The number of nitrogens with one attached hydrogen (secondary N) is 1. The van der Waals surface area contributed by atoms with Gasteiger partial charge in [0.05, 0.1) is 11.4 Å². The van der Waals surface area contributed by atoms with E-state index in [2.05, 4.69) is 21.4 Å². The van der Waals surface area contributed by atoms with Crippen LogP contribution in [-0.4, -0.2) is 14.5 Å². The van der Waals surface area contributed by atoms with Crippen molar-refractivity contribution in [2.75, 3.05) is 11.1 Å². The Labute approximate surface area is 156 Å². The second-order valence-corrected chi connectivity index (χ2v) is 7.17. The molecule has 1 fully saturated rings. The monoisotopic (exact) mass is 369 g/mol. The first-order chi connectivity index (χ1) is 12.4. The van der Waals surface area contributed by atoms with E-state index in [9.17, 15) is 4.79 Å². The quantitative estimate of drug-likeness (QED) is 0.682. The fourth-order valence-electron chi connectivity index (χ4n) is 3.42. The standard InChI is InChI=1S/C19H20ClN5O/c1-10-4-3-5-12-8-14(25(13-6-7-13)18(26)17(10)12)11(2)22-16-9-15(21)23-19(20)24-16/h3-5,8-9,11,13H,6-7H2,1-2H3,(H3,21,22,23,24)/t11-/m0/s1. The topological polar surface area (TPSA) is 85.8 Å². The molecule has 0 bridgehead atoms. The predicted octanol–water partition coefficient (Wildman–Crippen LogP) is 3.84. The number of hydrogen-bond donors (Lipinski definition) is 2. The van der Waals surface area contributed by atoms with Gasteiger partial charge in [-0.2, -0.15) is 0 Å². The molecule has 1 aliphatic rings. The number of halogens is 1. The highest BCUT2D eigenvalue weighted by molar-refractivity contribution is 6.28. The van der Waals surface area contributed by atoms with Crippen molar-refractivity contribution in [3.05, 3.63) is 57.2 Å². The van der Waals surface area contributed by atoms with Crippen molar-refractivity contribution in [2.24, 2.45) is 0 Å². The van der Waals surface area contributed by atoms with E-state index in [1.165, 1.54) is 0 Å². The molecule has 0 unspecified atom stereocenters. The van der Waals surface area contributed by atoms with Crippen LogP contribution in [0.2, 0.25) is 5.28 Å². The van der Waals surface area contributed by atoms with Gasteiger partial charge in [-0.25, -0.2) is 9.97 Å². The van der Waals surface area contributed by atoms with Gasteiger partial charge < -0.3 is 15.6 Å². The maximum Gasteiger partial charge on any atom is 0.259 e.